The minimum Gasteiger partial charge on any atom is -0.481 e. The van der Waals surface area contributed by atoms with Crippen LogP contribution in [0.4, 0.5) is 0 Å². The average molecular weight is 189 g/mol. The lowest BCUT2D eigenvalue weighted by atomic mass is 9.92. The van der Waals surface area contributed by atoms with Crippen molar-refractivity contribution in [1.29, 1.82) is 0 Å². The molecule has 0 aliphatic carbocycles. The number of primary amides is 1. The molecule has 0 aliphatic rings. The van der Waals surface area contributed by atoms with Crippen LogP contribution in [0.15, 0.2) is 0 Å². The molecule has 0 saturated carbocycles. The zero-order valence-corrected chi connectivity index (χ0v) is 7.62. The number of carboxylic acids is 1. The third-order valence-corrected chi connectivity index (χ3v) is 1.85. The molecule has 1 unspecified atom stereocenters. The average Bonchev–Trinajstić information content (AvgIpc) is 1.99. The summed E-state index contributed by atoms with van der Waals surface area (Å²) in [5, 5.41) is 18.0. The number of carbonyl (C=O) groups excluding carboxylic acids is 1. The lowest BCUT2D eigenvalue weighted by molar-refractivity contribution is -0.151. The van der Waals surface area contributed by atoms with Crippen molar-refractivity contribution in [2.45, 2.75) is 38.2 Å². The maximum absolute atomic E-state index is 10.8. The summed E-state index contributed by atoms with van der Waals surface area (Å²) in [6.07, 6.45) is 0.829. The van der Waals surface area contributed by atoms with Crippen molar-refractivity contribution in [2.75, 3.05) is 0 Å². The number of amides is 1. The molecule has 76 valence electrons. The van der Waals surface area contributed by atoms with Crippen LogP contribution in [0.2, 0.25) is 0 Å². The summed E-state index contributed by atoms with van der Waals surface area (Å²) in [6, 6.07) is 0. The smallest absolute Gasteiger partial charge is 0.306 e. The van der Waals surface area contributed by atoms with E-state index in [0.717, 1.165) is 6.42 Å². The molecule has 5 heteroatoms. The maximum Gasteiger partial charge on any atom is 0.306 e. The summed E-state index contributed by atoms with van der Waals surface area (Å²) in [5.74, 6) is -2.19. The number of aliphatic carboxylic acids is 1. The van der Waals surface area contributed by atoms with Gasteiger partial charge in [0.1, 0.15) is 0 Å². The van der Waals surface area contributed by atoms with Gasteiger partial charge in [0.15, 0.2) is 5.60 Å². The van der Waals surface area contributed by atoms with E-state index < -0.39 is 23.9 Å². The van der Waals surface area contributed by atoms with Crippen molar-refractivity contribution >= 4 is 11.9 Å². The third-order valence-electron chi connectivity index (χ3n) is 1.85. The Balaban J connectivity index is 4.34. The number of carboxylic acid groups (broad SMARTS) is 1. The van der Waals surface area contributed by atoms with E-state index in [4.69, 9.17) is 10.8 Å². The topological polar surface area (TPSA) is 101 Å². The molecule has 13 heavy (non-hydrogen) atoms. The molecule has 5 nitrogen and oxygen atoms in total. The summed E-state index contributed by atoms with van der Waals surface area (Å²) in [7, 11) is 0. The number of unbranched alkanes of at least 4 members (excludes halogenated alkanes) is 1. The number of rotatable bonds is 6. The van der Waals surface area contributed by atoms with Crippen molar-refractivity contribution in [2.24, 2.45) is 5.73 Å². The number of aliphatic hydroxyl groups is 1. The van der Waals surface area contributed by atoms with Gasteiger partial charge in [-0.1, -0.05) is 19.8 Å². The van der Waals surface area contributed by atoms with E-state index in [0.29, 0.717) is 6.42 Å². The van der Waals surface area contributed by atoms with Crippen LogP contribution in [0.25, 0.3) is 0 Å². The number of hydrogen-bond acceptors (Lipinski definition) is 3. The minimum absolute atomic E-state index is 0.102. The fourth-order valence-corrected chi connectivity index (χ4v) is 1.02. The quantitative estimate of drug-likeness (QED) is 0.541. The van der Waals surface area contributed by atoms with Gasteiger partial charge in [-0.25, -0.2) is 0 Å². The Labute approximate surface area is 76.5 Å². The Bertz CT molecular complexity index is 204. The van der Waals surface area contributed by atoms with E-state index in [1.807, 2.05) is 6.92 Å². The highest BCUT2D eigenvalue weighted by molar-refractivity contribution is 5.87. The first-order valence-electron chi connectivity index (χ1n) is 4.16. The summed E-state index contributed by atoms with van der Waals surface area (Å²) in [4.78, 5) is 21.1. The van der Waals surface area contributed by atoms with Crippen LogP contribution < -0.4 is 5.73 Å². The molecule has 0 aromatic carbocycles. The van der Waals surface area contributed by atoms with E-state index in [2.05, 4.69) is 0 Å². The van der Waals surface area contributed by atoms with Gasteiger partial charge in [0, 0.05) is 0 Å². The fraction of sp³-hybridized carbons (Fsp3) is 0.750. The van der Waals surface area contributed by atoms with Gasteiger partial charge in [-0.2, -0.15) is 0 Å². The van der Waals surface area contributed by atoms with Gasteiger partial charge in [-0.15, -0.1) is 0 Å². The van der Waals surface area contributed by atoms with Gasteiger partial charge in [-0.05, 0) is 6.42 Å². The second-order valence-electron chi connectivity index (χ2n) is 3.07. The zero-order chi connectivity index (χ0) is 10.5. The van der Waals surface area contributed by atoms with Crippen molar-refractivity contribution in [3.8, 4) is 0 Å². The molecule has 0 aliphatic heterocycles. The molecular weight excluding hydrogens is 174 g/mol. The van der Waals surface area contributed by atoms with Gasteiger partial charge in [0.2, 0.25) is 5.91 Å². The van der Waals surface area contributed by atoms with Crippen molar-refractivity contribution < 1.29 is 19.8 Å². The first kappa shape index (κ1) is 11.9. The lowest BCUT2D eigenvalue weighted by Crippen LogP contribution is -2.45. The van der Waals surface area contributed by atoms with Crippen LogP contribution in [-0.2, 0) is 9.59 Å². The Hall–Kier alpha value is -1.10. The summed E-state index contributed by atoms with van der Waals surface area (Å²) in [5.41, 5.74) is 3.02. The Kier molecular flexibility index (Phi) is 4.40. The van der Waals surface area contributed by atoms with Crippen LogP contribution >= 0.6 is 0 Å². The highest BCUT2D eigenvalue weighted by Crippen LogP contribution is 2.18. The van der Waals surface area contributed by atoms with E-state index in [-0.39, 0.29) is 6.42 Å². The normalized spacial score (nSPS) is 14.9. The fourth-order valence-electron chi connectivity index (χ4n) is 1.02. The summed E-state index contributed by atoms with van der Waals surface area (Å²) in [6.45, 7) is 1.88. The van der Waals surface area contributed by atoms with Gasteiger partial charge < -0.3 is 15.9 Å². The van der Waals surface area contributed by atoms with Crippen LogP contribution in [0, 0.1) is 0 Å². The molecule has 0 heterocycles. The Morgan fingerprint density at radius 2 is 2.00 bits per heavy atom. The molecule has 0 fully saturated rings. The van der Waals surface area contributed by atoms with Crippen molar-refractivity contribution in [3.63, 3.8) is 0 Å². The molecule has 0 spiro atoms. The molecule has 0 saturated heterocycles. The molecule has 0 aromatic rings. The predicted octanol–water partition coefficient (Wildman–Crippen LogP) is -0.132. The number of carbonyl (C=O) groups is 2. The van der Waals surface area contributed by atoms with E-state index in [1.165, 1.54) is 0 Å². The van der Waals surface area contributed by atoms with E-state index >= 15 is 0 Å². The van der Waals surface area contributed by atoms with E-state index in [9.17, 15) is 14.7 Å². The second-order valence-corrected chi connectivity index (χ2v) is 3.07. The molecule has 0 rings (SSSR count). The van der Waals surface area contributed by atoms with E-state index in [1.54, 1.807) is 0 Å². The van der Waals surface area contributed by atoms with Crippen LogP contribution in [0.1, 0.15) is 32.6 Å². The summed E-state index contributed by atoms with van der Waals surface area (Å²) >= 11 is 0. The molecule has 0 aromatic heterocycles. The van der Waals surface area contributed by atoms with Gasteiger partial charge in [0.05, 0.1) is 6.42 Å². The standard InChI is InChI=1S/C8H15NO4/c1-2-3-4-8(13,7(9)12)5-6(10)11/h13H,2-5H2,1H3,(H2,9,12)(H,10,11). The molecule has 1 amide bonds. The first-order chi connectivity index (χ1) is 5.92. The third kappa shape index (κ3) is 3.89. The van der Waals surface area contributed by atoms with Crippen LogP contribution in [0.5, 0.6) is 0 Å². The maximum atomic E-state index is 10.8. The van der Waals surface area contributed by atoms with Crippen molar-refractivity contribution in [1.82, 2.24) is 0 Å². The number of nitrogens with two attached hydrogens (primary N) is 1. The zero-order valence-electron chi connectivity index (χ0n) is 7.62. The van der Waals surface area contributed by atoms with Crippen molar-refractivity contribution in [3.05, 3.63) is 0 Å². The highest BCUT2D eigenvalue weighted by Gasteiger charge is 2.35. The molecular formula is C8H15NO4. The monoisotopic (exact) mass is 189 g/mol. The Morgan fingerprint density at radius 1 is 1.46 bits per heavy atom. The first-order valence-corrected chi connectivity index (χ1v) is 4.16. The van der Waals surface area contributed by atoms with Crippen LogP contribution in [0.3, 0.4) is 0 Å². The van der Waals surface area contributed by atoms with Gasteiger partial charge >= 0.3 is 5.97 Å². The predicted molar refractivity (Wildman–Crippen MR) is 45.9 cm³/mol. The summed E-state index contributed by atoms with van der Waals surface area (Å²) < 4.78 is 0. The highest BCUT2D eigenvalue weighted by atomic mass is 16.4. The Morgan fingerprint density at radius 3 is 2.31 bits per heavy atom. The largest absolute Gasteiger partial charge is 0.481 e. The molecule has 4 N–H and O–H groups in total. The SMILES string of the molecule is CCCCC(O)(CC(=O)O)C(N)=O. The second kappa shape index (κ2) is 4.81. The van der Waals surface area contributed by atoms with Gasteiger partial charge in [-0.3, -0.25) is 9.59 Å². The van der Waals surface area contributed by atoms with Gasteiger partial charge in [0.25, 0.3) is 0 Å². The van der Waals surface area contributed by atoms with Crippen LogP contribution in [-0.4, -0.2) is 27.7 Å². The lowest BCUT2D eigenvalue weighted by Gasteiger charge is -2.21. The molecule has 0 bridgehead atoms. The molecule has 0 radical (unpaired) electrons. The molecule has 1 atom stereocenters. The number of hydrogen-bond donors (Lipinski definition) is 3. The minimum atomic E-state index is -1.89.